The molecule has 1 atom stereocenters. The predicted octanol–water partition coefficient (Wildman–Crippen LogP) is 4.62. The van der Waals surface area contributed by atoms with Crippen molar-refractivity contribution < 1.29 is 13.2 Å². The number of nitrogens with zero attached hydrogens (tertiary/aromatic N) is 2. The molecule has 0 radical (unpaired) electrons. The Bertz CT molecular complexity index is 630. The summed E-state index contributed by atoms with van der Waals surface area (Å²) < 4.78 is 37.6. The maximum absolute atomic E-state index is 12.5. The lowest BCUT2D eigenvalue weighted by atomic mass is 9.73. The Kier molecular flexibility index (Phi) is 9.53. The van der Waals surface area contributed by atoms with E-state index in [4.69, 9.17) is 0 Å². The summed E-state index contributed by atoms with van der Waals surface area (Å²) in [4.78, 5) is 7.26. The molecule has 1 unspecified atom stereocenters. The van der Waals surface area contributed by atoms with E-state index < -0.39 is 12.7 Å². The minimum Gasteiger partial charge on any atom is -0.356 e. The fraction of sp³-hybridized carbons (Fsp3) is 0.750. The Morgan fingerprint density at radius 2 is 2.03 bits per heavy atom. The molecule has 2 aliphatic rings. The van der Waals surface area contributed by atoms with E-state index in [1.165, 1.54) is 41.9 Å². The van der Waals surface area contributed by atoms with Gasteiger partial charge in [-0.2, -0.15) is 13.2 Å². The zero-order valence-electron chi connectivity index (χ0n) is 16.9. The summed E-state index contributed by atoms with van der Waals surface area (Å²) in [7, 11) is 1.75. The normalized spacial score (nSPS) is 22.9. The first-order valence-corrected chi connectivity index (χ1v) is 11.1. The highest BCUT2D eigenvalue weighted by molar-refractivity contribution is 14.0. The highest BCUT2D eigenvalue weighted by Crippen LogP contribution is 2.41. The third-order valence-electron chi connectivity index (χ3n) is 6.00. The third-order valence-corrected chi connectivity index (χ3v) is 7.12. The fourth-order valence-corrected chi connectivity index (χ4v) is 5.50. The second-order valence-corrected chi connectivity index (χ2v) is 9.08. The smallest absolute Gasteiger partial charge is 0.356 e. The number of halogens is 4. The summed E-state index contributed by atoms with van der Waals surface area (Å²) >= 11 is 1.83. The average Bonchev–Trinajstić information content (AvgIpc) is 3.34. The molecule has 1 aliphatic heterocycles. The van der Waals surface area contributed by atoms with Crippen molar-refractivity contribution in [2.45, 2.75) is 50.1 Å². The monoisotopic (exact) mass is 544 g/mol. The van der Waals surface area contributed by atoms with Crippen molar-refractivity contribution in [2.75, 3.05) is 39.8 Å². The van der Waals surface area contributed by atoms with Crippen molar-refractivity contribution in [1.29, 1.82) is 0 Å². The molecule has 2 fully saturated rings. The van der Waals surface area contributed by atoms with Crippen LogP contribution in [-0.2, 0) is 5.41 Å². The molecular weight excluding hydrogens is 512 g/mol. The zero-order valence-corrected chi connectivity index (χ0v) is 20.1. The van der Waals surface area contributed by atoms with Crippen LogP contribution in [0.3, 0.4) is 0 Å². The first-order chi connectivity index (χ1) is 13.4. The van der Waals surface area contributed by atoms with E-state index >= 15 is 0 Å². The lowest BCUT2D eigenvalue weighted by Gasteiger charge is -2.37. The van der Waals surface area contributed by atoms with E-state index in [1.807, 2.05) is 11.3 Å². The van der Waals surface area contributed by atoms with E-state index in [-0.39, 0.29) is 35.3 Å². The van der Waals surface area contributed by atoms with Gasteiger partial charge in [0.05, 0.1) is 6.54 Å². The summed E-state index contributed by atoms with van der Waals surface area (Å²) in [5.74, 6) is 0.970. The van der Waals surface area contributed by atoms with Crippen molar-refractivity contribution in [2.24, 2.45) is 10.9 Å². The van der Waals surface area contributed by atoms with Crippen LogP contribution in [0, 0.1) is 5.92 Å². The molecular formula is C20H32F3IN4S. The maximum atomic E-state index is 12.5. The van der Waals surface area contributed by atoms with Gasteiger partial charge in [-0.25, -0.2) is 0 Å². The van der Waals surface area contributed by atoms with E-state index in [9.17, 15) is 13.2 Å². The van der Waals surface area contributed by atoms with E-state index in [0.29, 0.717) is 19.6 Å². The fourth-order valence-electron chi connectivity index (χ4n) is 4.51. The van der Waals surface area contributed by atoms with Crippen LogP contribution in [0.1, 0.15) is 43.4 Å². The standard InChI is InChI=1S/C20H31F3N4S.HI/c1-24-18(25-12-16-7-10-27(13-16)15-20(21,22)23)26-14-19(8-3-2-4-9-19)17-6-5-11-28-17;/h5-6,11,16H,2-4,7-10,12-15H2,1H3,(H2,24,25,26);1H. The molecule has 0 spiro atoms. The van der Waals surface area contributed by atoms with Crippen molar-refractivity contribution in [3.8, 4) is 0 Å². The van der Waals surface area contributed by atoms with Gasteiger partial charge in [0.15, 0.2) is 5.96 Å². The average molecular weight is 544 g/mol. The Morgan fingerprint density at radius 3 is 2.66 bits per heavy atom. The van der Waals surface area contributed by atoms with Gasteiger partial charge in [0.1, 0.15) is 0 Å². The number of thiophene rings is 1. The molecule has 0 bridgehead atoms. The van der Waals surface area contributed by atoms with Crippen LogP contribution in [0.5, 0.6) is 0 Å². The maximum Gasteiger partial charge on any atom is 0.401 e. The molecule has 2 N–H and O–H groups in total. The van der Waals surface area contributed by atoms with Gasteiger partial charge in [0, 0.05) is 37.0 Å². The predicted molar refractivity (Wildman–Crippen MR) is 124 cm³/mol. The number of hydrogen-bond donors (Lipinski definition) is 2. The number of likely N-dealkylation sites (tertiary alicyclic amines) is 1. The molecule has 1 aliphatic carbocycles. The Labute approximate surface area is 192 Å². The highest BCUT2D eigenvalue weighted by atomic mass is 127. The SMILES string of the molecule is CN=C(NCC1CCN(CC(F)(F)F)C1)NCC1(c2cccs2)CCCCC1.I. The van der Waals surface area contributed by atoms with Crippen molar-refractivity contribution in [3.63, 3.8) is 0 Å². The molecule has 1 saturated carbocycles. The van der Waals surface area contributed by atoms with Crippen LogP contribution >= 0.6 is 35.3 Å². The quantitative estimate of drug-likeness (QED) is 0.312. The van der Waals surface area contributed by atoms with Gasteiger partial charge in [0.25, 0.3) is 0 Å². The van der Waals surface area contributed by atoms with Crippen LogP contribution in [0.2, 0.25) is 0 Å². The summed E-state index contributed by atoms with van der Waals surface area (Å²) in [6, 6.07) is 4.36. The molecule has 2 heterocycles. The Hall–Kier alpha value is -0.550. The van der Waals surface area contributed by atoms with Crippen LogP contribution in [0.15, 0.2) is 22.5 Å². The van der Waals surface area contributed by atoms with Gasteiger partial charge >= 0.3 is 6.18 Å². The second-order valence-electron chi connectivity index (χ2n) is 8.13. The van der Waals surface area contributed by atoms with Crippen molar-refractivity contribution >= 4 is 41.3 Å². The lowest BCUT2D eigenvalue weighted by Crippen LogP contribution is -2.47. The Morgan fingerprint density at radius 1 is 1.28 bits per heavy atom. The van der Waals surface area contributed by atoms with Crippen LogP contribution in [0.25, 0.3) is 0 Å². The summed E-state index contributed by atoms with van der Waals surface area (Å²) in [5, 5.41) is 8.97. The van der Waals surface area contributed by atoms with Crippen molar-refractivity contribution in [1.82, 2.24) is 15.5 Å². The molecule has 29 heavy (non-hydrogen) atoms. The van der Waals surface area contributed by atoms with Gasteiger partial charge < -0.3 is 10.6 Å². The molecule has 1 aromatic heterocycles. The number of nitrogens with one attached hydrogen (secondary N) is 2. The molecule has 1 saturated heterocycles. The minimum absolute atomic E-state index is 0. The van der Waals surface area contributed by atoms with Gasteiger partial charge in [-0.3, -0.25) is 9.89 Å². The van der Waals surface area contributed by atoms with Crippen LogP contribution in [-0.4, -0.2) is 56.8 Å². The lowest BCUT2D eigenvalue weighted by molar-refractivity contribution is -0.143. The molecule has 3 rings (SSSR count). The number of hydrogen-bond acceptors (Lipinski definition) is 3. The van der Waals surface area contributed by atoms with E-state index in [1.54, 1.807) is 7.05 Å². The molecule has 4 nitrogen and oxygen atoms in total. The second kappa shape index (κ2) is 11.2. The van der Waals surface area contributed by atoms with Crippen LogP contribution in [0.4, 0.5) is 13.2 Å². The summed E-state index contributed by atoms with van der Waals surface area (Å²) in [6.45, 7) is 1.69. The molecule has 9 heteroatoms. The number of guanidine groups is 1. The first kappa shape index (κ1) is 24.7. The van der Waals surface area contributed by atoms with E-state index in [2.05, 4.69) is 33.1 Å². The number of alkyl halides is 3. The summed E-state index contributed by atoms with van der Waals surface area (Å²) in [5.41, 5.74) is 0.168. The first-order valence-electron chi connectivity index (χ1n) is 10.2. The topological polar surface area (TPSA) is 39.7 Å². The van der Waals surface area contributed by atoms with Crippen LogP contribution < -0.4 is 10.6 Å². The molecule has 166 valence electrons. The molecule has 1 aromatic rings. The minimum atomic E-state index is -4.12. The molecule has 0 aromatic carbocycles. The van der Waals surface area contributed by atoms with Gasteiger partial charge in [-0.05, 0) is 43.2 Å². The highest BCUT2D eigenvalue weighted by Gasteiger charge is 2.36. The largest absolute Gasteiger partial charge is 0.401 e. The number of rotatable bonds is 6. The number of aliphatic imine (C=N–C) groups is 1. The third kappa shape index (κ3) is 7.27. The summed E-state index contributed by atoms with van der Waals surface area (Å²) in [6.07, 6.45) is 2.86. The van der Waals surface area contributed by atoms with E-state index in [0.717, 1.165) is 18.9 Å². The van der Waals surface area contributed by atoms with Gasteiger partial charge in [-0.15, -0.1) is 35.3 Å². The van der Waals surface area contributed by atoms with Crippen molar-refractivity contribution in [3.05, 3.63) is 22.4 Å². The Balaban J connectivity index is 0.00000300. The van der Waals surface area contributed by atoms with Gasteiger partial charge in [0.2, 0.25) is 0 Å². The molecule has 0 amide bonds. The zero-order chi connectivity index (χ0) is 20.0. The van der Waals surface area contributed by atoms with Gasteiger partial charge in [-0.1, -0.05) is 25.3 Å².